The molecule has 0 radical (unpaired) electrons. The van der Waals surface area contributed by atoms with Gasteiger partial charge in [0.2, 0.25) is 0 Å². The van der Waals surface area contributed by atoms with Crippen LogP contribution in [0.4, 0.5) is 0 Å². The Labute approximate surface area is 156 Å². The smallest absolute Gasteiger partial charge is 0.305 e. The number of esters is 1. The minimum absolute atomic E-state index is 0. The van der Waals surface area contributed by atoms with Crippen LogP contribution in [0.1, 0.15) is 38.5 Å². The van der Waals surface area contributed by atoms with Gasteiger partial charge in [-0.05, 0) is 38.8 Å². The molecule has 0 aromatic rings. The van der Waals surface area contributed by atoms with E-state index in [1.54, 1.807) is 0 Å². The van der Waals surface area contributed by atoms with Crippen LogP contribution in [0.5, 0.6) is 0 Å². The van der Waals surface area contributed by atoms with Crippen molar-refractivity contribution in [2.75, 3.05) is 20.2 Å². The van der Waals surface area contributed by atoms with E-state index in [9.17, 15) is 9.59 Å². The fourth-order valence-corrected chi connectivity index (χ4v) is 2.82. The molecular formula is C15H23ClNO3U-. The maximum absolute atomic E-state index is 10.9. The van der Waals surface area contributed by atoms with Crippen molar-refractivity contribution in [3.05, 3.63) is 12.2 Å². The standard InChI is InChI=1S/C15H23ClNO3.U/c1-20-15(19)8-5-3-2-4-7-14-13(16)9-11-17(14)10-6-12-18;/h2,4,13-14H,3,5-11H2,1H3;/q-1;/b4-2-;/t13-,14+;/m1./s1. The summed E-state index contributed by atoms with van der Waals surface area (Å²) in [5.41, 5.74) is 0. The van der Waals surface area contributed by atoms with Crippen molar-refractivity contribution in [1.82, 2.24) is 4.90 Å². The van der Waals surface area contributed by atoms with Crippen LogP contribution in [-0.2, 0) is 14.3 Å². The summed E-state index contributed by atoms with van der Waals surface area (Å²) in [5, 5.41) is 0.154. The van der Waals surface area contributed by atoms with E-state index >= 15 is 0 Å². The van der Waals surface area contributed by atoms with Crippen molar-refractivity contribution in [3.8, 4) is 0 Å². The Hall–Kier alpha value is 0.182. The molecule has 0 N–H and O–H groups in total. The van der Waals surface area contributed by atoms with Gasteiger partial charge in [-0.3, -0.25) is 11.1 Å². The quantitative estimate of drug-likeness (QED) is 0.149. The second-order valence-electron chi connectivity index (χ2n) is 4.98. The molecule has 0 unspecified atom stereocenters. The normalized spacial score (nSPS) is 22.2. The number of likely N-dealkylation sites (tertiary alicyclic amines) is 1. The molecule has 1 aliphatic rings. The van der Waals surface area contributed by atoms with Crippen molar-refractivity contribution < 1.29 is 45.4 Å². The van der Waals surface area contributed by atoms with Crippen molar-refractivity contribution in [2.24, 2.45) is 0 Å². The van der Waals surface area contributed by atoms with E-state index in [0.717, 1.165) is 38.8 Å². The number of halogens is 1. The number of allylic oxidation sites excluding steroid dienone is 1. The first-order valence-electron chi connectivity index (χ1n) is 7.14. The van der Waals surface area contributed by atoms with Crippen LogP contribution in [0.15, 0.2) is 12.2 Å². The van der Waals surface area contributed by atoms with Crippen molar-refractivity contribution in [1.29, 1.82) is 0 Å². The minimum Gasteiger partial charge on any atom is -0.542 e. The molecule has 2 atom stereocenters. The number of carbonyl (C=O) groups is 1. The Balaban J connectivity index is 0.00000400. The molecule has 0 aliphatic carbocycles. The van der Waals surface area contributed by atoms with Crippen LogP contribution in [0.2, 0.25) is 0 Å². The zero-order valence-corrected chi connectivity index (χ0v) is 17.4. The first-order chi connectivity index (χ1) is 9.69. The van der Waals surface area contributed by atoms with E-state index in [1.165, 1.54) is 7.11 Å². The molecule has 1 heterocycles. The number of ether oxygens (including phenoxy) is 1. The molecule has 0 aromatic carbocycles. The van der Waals surface area contributed by atoms with Gasteiger partial charge >= 0.3 is 5.97 Å². The average molecular weight is 539 g/mol. The summed E-state index contributed by atoms with van der Waals surface area (Å²) in [6.45, 7) is 1.70. The largest absolute Gasteiger partial charge is 0.542 e. The number of carbonyl (C=O) groups excluding carboxylic acids is 2. The Kier molecular flexibility index (Phi) is 12.8. The Bertz CT molecular complexity index is 339. The number of hydrogen-bond donors (Lipinski definition) is 0. The molecule has 118 valence electrons. The van der Waals surface area contributed by atoms with Crippen molar-refractivity contribution >= 4 is 23.9 Å². The first-order valence-corrected chi connectivity index (χ1v) is 7.57. The molecule has 6 heteroatoms. The number of rotatable bonds is 9. The van der Waals surface area contributed by atoms with Crippen LogP contribution in [0, 0.1) is 31.1 Å². The second-order valence-corrected chi connectivity index (χ2v) is 5.54. The van der Waals surface area contributed by atoms with Crippen molar-refractivity contribution in [3.63, 3.8) is 0 Å². The zero-order valence-electron chi connectivity index (χ0n) is 12.5. The van der Waals surface area contributed by atoms with Gasteiger partial charge in [-0.1, -0.05) is 12.2 Å². The van der Waals surface area contributed by atoms with Crippen LogP contribution in [0.25, 0.3) is 0 Å². The van der Waals surface area contributed by atoms with E-state index in [-0.39, 0.29) is 42.5 Å². The second kappa shape index (κ2) is 12.7. The van der Waals surface area contributed by atoms with Gasteiger partial charge in [0, 0.05) is 43.6 Å². The predicted molar refractivity (Wildman–Crippen MR) is 79.6 cm³/mol. The molecule has 0 saturated carbocycles. The zero-order chi connectivity index (χ0) is 14.8. The van der Waals surface area contributed by atoms with E-state index in [2.05, 4.69) is 21.8 Å². The molecule has 0 aromatic heterocycles. The summed E-state index contributed by atoms with van der Waals surface area (Å²) in [6, 6.07) is 0.307. The molecule has 1 aliphatic heterocycles. The van der Waals surface area contributed by atoms with Gasteiger partial charge in [0.1, 0.15) is 0 Å². The maximum atomic E-state index is 10.9. The fraction of sp³-hybridized carbons (Fsp3) is 0.733. The van der Waals surface area contributed by atoms with Crippen molar-refractivity contribution in [2.45, 2.75) is 49.9 Å². The monoisotopic (exact) mass is 538 g/mol. The van der Waals surface area contributed by atoms with Crippen LogP contribution < -0.4 is 0 Å². The van der Waals surface area contributed by atoms with Gasteiger partial charge in [0.15, 0.2) is 0 Å². The molecular weight excluding hydrogens is 516 g/mol. The SMILES string of the molecule is COC(=O)CCC/C=C\C[C@H]1[C@H](Cl)CCN1CC[C-]=O.[U]. The van der Waals surface area contributed by atoms with E-state index in [4.69, 9.17) is 11.6 Å². The summed E-state index contributed by atoms with van der Waals surface area (Å²) in [6.07, 6.45) is 10.6. The number of nitrogens with zero attached hydrogens (tertiary/aromatic N) is 1. The molecule has 0 spiro atoms. The number of unbranched alkanes of at least 4 members (excludes halogenated alkanes) is 1. The minimum atomic E-state index is -0.161. The van der Waals surface area contributed by atoms with Gasteiger partial charge in [-0.15, -0.1) is 18.0 Å². The molecule has 21 heavy (non-hydrogen) atoms. The van der Waals surface area contributed by atoms with Gasteiger partial charge < -0.3 is 14.4 Å². The third kappa shape index (κ3) is 8.40. The number of methoxy groups -OCH3 is 1. The summed E-state index contributed by atoms with van der Waals surface area (Å²) >= 11 is 6.32. The summed E-state index contributed by atoms with van der Waals surface area (Å²) in [5.74, 6) is -0.161. The molecule has 1 fully saturated rings. The van der Waals surface area contributed by atoms with Gasteiger partial charge in [0.25, 0.3) is 0 Å². The third-order valence-corrected chi connectivity index (χ3v) is 4.11. The maximum Gasteiger partial charge on any atom is 0.305 e. The third-order valence-electron chi connectivity index (χ3n) is 3.60. The molecule has 1 rings (SSSR count). The molecule has 1 saturated heterocycles. The molecule has 4 nitrogen and oxygen atoms in total. The van der Waals surface area contributed by atoms with Gasteiger partial charge in [0.05, 0.1) is 12.5 Å². The molecule has 0 amide bonds. The Morgan fingerprint density at radius 3 is 2.90 bits per heavy atom. The van der Waals surface area contributed by atoms with Crippen LogP contribution in [0.3, 0.4) is 0 Å². The number of alkyl halides is 1. The summed E-state index contributed by atoms with van der Waals surface area (Å²) in [4.78, 5) is 23.5. The van der Waals surface area contributed by atoms with Gasteiger partial charge in [-0.2, -0.15) is 0 Å². The van der Waals surface area contributed by atoms with E-state index in [1.807, 2.05) is 6.29 Å². The van der Waals surface area contributed by atoms with E-state index in [0.29, 0.717) is 18.9 Å². The topological polar surface area (TPSA) is 46.6 Å². The summed E-state index contributed by atoms with van der Waals surface area (Å²) < 4.78 is 4.59. The van der Waals surface area contributed by atoms with Crippen LogP contribution in [-0.4, -0.2) is 48.8 Å². The summed E-state index contributed by atoms with van der Waals surface area (Å²) in [7, 11) is 1.41. The Morgan fingerprint density at radius 1 is 1.48 bits per heavy atom. The number of hydrogen-bond acceptors (Lipinski definition) is 4. The van der Waals surface area contributed by atoms with Crippen LogP contribution >= 0.6 is 11.6 Å². The van der Waals surface area contributed by atoms with Gasteiger partial charge in [-0.25, -0.2) is 0 Å². The first kappa shape index (κ1) is 21.2. The molecule has 0 bridgehead atoms. The van der Waals surface area contributed by atoms with E-state index < -0.39 is 0 Å². The average Bonchev–Trinajstić information content (AvgIpc) is 2.80. The Morgan fingerprint density at radius 2 is 2.24 bits per heavy atom. The predicted octanol–water partition coefficient (Wildman–Crippen LogP) is 2.46. The fourth-order valence-electron chi connectivity index (χ4n) is 2.46.